The average molecular weight is 752 g/mol. The summed E-state index contributed by atoms with van der Waals surface area (Å²) in [7, 11) is 0. The van der Waals surface area contributed by atoms with Crippen LogP contribution in [0.15, 0.2) is 186 Å². The molecular weight excluding hydrogens is 713 g/mol. The molecule has 57 heavy (non-hydrogen) atoms. The van der Waals surface area contributed by atoms with E-state index in [1.54, 1.807) is 11.8 Å². The first-order chi connectivity index (χ1) is 28.0. The summed E-state index contributed by atoms with van der Waals surface area (Å²) in [5, 5.41) is 0. The van der Waals surface area contributed by atoms with Crippen molar-refractivity contribution in [1.82, 2.24) is 0 Å². The predicted octanol–water partition coefficient (Wildman–Crippen LogP) is 13.0. The summed E-state index contributed by atoms with van der Waals surface area (Å²) in [4.78, 5) is 9.74. The van der Waals surface area contributed by atoms with E-state index in [-0.39, 0.29) is 6.85 Å². The number of nitrogens with zero attached hydrogens (tertiary/aromatic N) is 3. The van der Waals surface area contributed by atoms with Crippen LogP contribution in [0, 0.1) is 20.8 Å². The summed E-state index contributed by atoms with van der Waals surface area (Å²) in [6.07, 6.45) is 0. The molecule has 3 aliphatic rings. The lowest BCUT2D eigenvalue weighted by atomic mass is 9.43. The molecule has 4 nitrogen and oxygen atoms in total. The molecule has 0 saturated carbocycles. The van der Waals surface area contributed by atoms with Crippen LogP contribution in [-0.2, 0) is 0 Å². The predicted molar refractivity (Wildman–Crippen MR) is 240 cm³/mol. The summed E-state index contributed by atoms with van der Waals surface area (Å²) in [5.41, 5.74) is 17.9. The minimum atomic E-state index is -0.132. The molecule has 8 aromatic rings. The van der Waals surface area contributed by atoms with Crippen LogP contribution in [-0.4, -0.2) is 6.85 Å². The minimum Gasteiger partial charge on any atom is -0.455 e. The first-order valence-corrected chi connectivity index (χ1v) is 20.4. The topological polar surface area (TPSA) is 19.0 Å². The van der Waals surface area contributed by atoms with Gasteiger partial charge in [0.25, 0.3) is 0 Å². The largest absolute Gasteiger partial charge is 0.455 e. The van der Waals surface area contributed by atoms with Gasteiger partial charge in [-0.05, 0) is 139 Å². The SMILES string of the molecule is Cc1cc2c3c(c1)N(c1ccccc1C)c1ccc(N(c4ccccc4)c4ccccc4)cc1B3N(c1ccccc1C)c1cc3c(cc1-2)Oc1ccccc1S3. The van der Waals surface area contributed by atoms with Gasteiger partial charge >= 0.3 is 6.85 Å². The van der Waals surface area contributed by atoms with Crippen LogP contribution in [0.25, 0.3) is 11.1 Å². The number of benzene rings is 8. The molecule has 0 saturated heterocycles. The maximum atomic E-state index is 6.68. The van der Waals surface area contributed by atoms with E-state index in [4.69, 9.17) is 4.74 Å². The zero-order valence-electron chi connectivity index (χ0n) is 32.0. The minimum absolute atomic E-state index is 0.132. The Balaban J connectivity index is 1.23. The highest BCUT2D eigenvalue weighted by Crippen LogP contribution is 2.54. The van der Waals surface area contributed by atoms with Gasteiger partial charge in [-0.1, -0.05) is 103 Å². The number of fused-ring (bicyclic) bond motifs is 6. The fourth-order valence-electron chi connectivity index (χ4n) is 9.03. The second-order valence-electron chi connectivity index (χ2n) is 15.1. The Morgan fingerprint density at radius 1 is 0.474 bits per heavy atom. The first-order valence-electron chi connectivity index (χ1n) is 19.5. The highest BCUT2D eigenvalue weighted by Gasteiger charge is 2.46. The zero-order chi connectivity index (χ0) is 38.2. The number of para-hydroxylation sites is 5. The van der Waals surface area contributed by atoms with Gasteiger partial charge in [-0.15, -0.1) is 0 Å². The molecule has 0 bridgehead atoms. The number of rotatable bonds is 5. The van der Waals surface area contributed by atoms with E-state index in [0.717, 1.165) is 38.4 Å². The van der Waals surface area contributed by atoms with Crippen LogP contribution in [0.5, 0.6) is 11.5 Å². The van der Waals surface area contributed by atoms with Gasteiger partial charge in [-0.25, -0.2) is 0 Å². The van der Waals surface area contributed by atoms with Crippen molar-refractivity contribution in [3.05, 3.63) is 193 Å². The molecule has 0 aromatic heterocycles. The van der Waals surface area contributed by atoms with Crippen LogP contribution in [0.1, 0.15) is 16.7 Å². The molecule has 3 heterocycles. The highest BCUT2D eigenvalue weighted by molar-refractivity contribution is 7.99. The van der Waals surface area contributed by atoms with Crippen molar-refractivity contribution in [2.45, 2.75) is 30.6 Å². The summed E-state index contributed by atoms with van der Waals surface area (Å²) < 4.78 is 6.68. The van der Waals surface area contributed by atoms with E-state index in [1.165, 1.54) is 67.2 Å². The molecular formula is C51H38BN3OS. The van der Waals surface area contributed by atoms with E-state index in [0.29, 0.717) is 0 Å². The Kier molecular flexibility index (Phi) is 7.83. The van der Waals surface area contributed by atoms with E-state index in [1.807, 2.05) is 6.07 Å². The van der Waals surface area contributed by atoms with Crippen LogP contribution in [0.2, 0.25) is 0 Å². The van der Waals surface area contributed by atoms with Crippen molar-refractivity contribution < 1.29 is 4.74 Å². The number of aryl methyl sites for hydroxylation is 3. The summed E-state index contributed by atoms with van der Waals surface area (Å²) in [5.74, 6) is 1.80. The smallest absolute Gasteiger partial charge is 0.333 e. The maximum Gasteiger partial charge on any atom is 0.333 e. The van der Waals surface area contributed by atoms with Gasteiger partial charge in [0.15, 0.2) is 0 Å². The number of anilines is 8. The molecule has 272 valence electrons. The van der Waals surface area contributed by atoms with Crippen molar-refractivity contribution in [3.63, 3.8) is 0 Å². The first kappa shape index (κ1) is 33.7. The fourth-order valence-corrected chi connectivity index (χ4v) is 9.99. The molecule has 0 fully saturated rings. The lowest BCUT2D eigenvalue weighted by Crippen LogP contribution is -2.61. The molecule has 0 amide bonds. The second-order valence-corrected chi connectivity index (χ2v) is 16.2. The van der Waals surface area contributed by atoms with Gasteiger partial charge in [-0.2, -0.15) is 0 Å². The molecule has 0 N–H and O–H groups in total. The van der Waals surface area contributed by atoms with Gasteiger partial charge < -0.3 is 19.3 Å². The van der Waals surface area contributed by atoms with Gasteiger partial charge in [0.1, 0.15) is 11.5 Å². The molecule has 6 heteroatoms. The molecule has 0 aliphatic carbocycles. The van der Waals surface area contributed by atoms with Crippen LogP contribution in [0.4, 0.5) is 45.5 Å². The molecule has 0 spiro atoms. The van der Waals surface area contributed by atoms with Gasteiger partial charge in [-0.3, -0.25) is 0 Å². The normalized spacial score (nSPS) is 13.1. The van der Waals surface area contributed by atoms with Gasteiger partial charge in [0.2, 0.25) is 0 Å². The summed E-state index contributed by atoms with van der Waals surface area (Å²) in [6, 6.07) is 63.9. The van der Waals surface area contributed by atoms with Crippen molar-refractivity contribution in [3.8, 4) is 22.6 Å². The van der Waals surface area contributed by atoms with Gasteiger partial charge in [0, 0.05) is 51.1 Å². The number of ether oxygens (including phenoxy) is 1. The lowest BCUT2D eigenvalue weighted by molar-refractivity contribution is 0.455. The van der Waals surface area contributed by atoms with Crippen molar-refractivity contribution >= 4 is 75.0 Å². The quantitative estimate of drug-likeness (QED) is 0.163. The van der Waals surface area contributed by atoms with Crippen LogP contribution >= 0.6 is 11.8 Å². The molecule has 11 rings (SSSR count). The average Bonchev–Trinajstić information content (AvgIpc) is 3.24. The summed E-state index contributed by atoms with van der Waals surface area (Å²) in [6.45, 7) is 6.55. The third kappa shape index (κ3) is 5.39. The van der Waals surface area contributed by atoms with E-state index in [2.05, 4.69) is 205 Å². The van der Waals surface area contributed by atoms with Crippen molar-refractivity contribution in [2.24, 2.45) is 0 Å². The fraction of sp³-hybridized carbons (Fsp3) is 0.0588. The monoisotopic (exact) mass is 751 g/mol. The molecule has 0 radical (unpaired) electrons. The highest BCUT2D eigenvalue weighted by atomic mass is 32.2. The molecule has 0 unspecified atom stereocenters. The van der Waals surface area contributed by atoms with Crippen LogP contribution in [0.3, 0.4) is 0 Å². The van der Waals surface area contributed by atoms with Crippen LogP contribution < -0.4 is 30.3 Å². The Labute approximate surface area is 338 Å². The second kappa shape index (κ2) is 13.3. The number of hydrogen-bond donors (Lipinski definition) is 0. The summed E-state index contributed by atoms with van der Waals surface area (Å²) >= 11 is 1.79. The van der Waals surface area contributed by atoms with Gasteiger partial charge in [0.05, 0.1) is 9.79 Å². The number of hydrogen-bond acceptors (Lipinski definition) is 5. The Morgan fingerprint density at radius 3 is 1.84 bits per heavy atom. The Hall–Kier alpha value is -6.63. The third-order valence-electron chi connectivity index (χ3n) is 11.5. The standard InChI is InChI=1S/C51H38BN3OS/c1-33-28-40-39-31-48-50(57-49-25-15-14-24-47(49)56-48)32-45(39)55(43-23-13-11-17-35(43)3)52-41-30-38(53(36-18-6-4-7-19-36)37-20-8-5-9-21-37)26-27-44(41)54(46(29-33)51(40)52)42-22-12-10-16-34(42)2/h4-32H,1-3H3. The lowest BCUT2D eigenvalue weighted by Gasteiger charge is -2.47. The third-order valence-corrected chi connectivity index (χ3v) is 12.6. The Bertz CT molecular complexity index is 2840. The van der Waals surface area contributed by atoms with Crippen molar-refractivity contribution in [1.29, 1.82) is 0 Å². The van der Waals surface area contributed by atoms with Crippen molar-refractivity contribution in [2.75, 3.05) is 14.6 Å². The molecule has 0 atom stereocenters. The molecule has 8 aromatic carbocycles. The van der Waals surface area contributed by atoms with E-state index >= 15 is 0 Å². The van der Waals surface area contributed by atoms with E-state index in [9.17, 15) is 0 Å². The maximum absolute atomic E-state index is 6.68. The zero-order valence-corrected chi connectivity index (χ0v) is 32.8. The molecule has 3 aliphatic heterocycles. The Morgan fingerprint density at radius 2 is 1.12 bits per heavy atom. The van der Waals surface area contributed by atoms with E-state index < -0.39 is 0 Å².